The molecule has 0 aliphatic carbocycles. The Bertz CT molecular complexity index is 39.1. The third kappa shape index (κ3) is 3.76. The lowest BCUT2D eigenvalue weighted by molar-refractivity contribution is 0.179. The van der Waals surface area contributed by atoms with E-state index in [2.05, 4.69) is 0 Å². The van der Waals surface area contributed by atoms with Crippen molar-refractivity contribution in [1.29, 1.82) is 0 Å². The van der Waals surface area contributed by atoms with Crippen LogP contribution in [0.5, 0.6) is 0 Å². The molecule has 0 unspecified atom stereocenters. The number of ether oxygens (including phenoxy) is 1. The van der Waals surface area contributed by atoms with E-state index in [-0.39, 0.29) is 6.04 Å². The van der Waals surface area contributed by atoms with E-state index in [0.717, 1.165) is 6.42 Å². The van der Waals surface area contributed by atoms with Gasteiger partial charge in [0.05, 0.1) is 6.61 Å². The van der Waals surface area contributed by atoms with Crippen LogP contribution >= 0.6 is 0 Å². The number of hydrogen-bond acceptors (Lipinski definition) is 2. The van der Waals surface area contributed by atoms with Crippen molar-refractivity contribution in [3.8, 4) is 0 Å². The van der Waals surface area contributed by atoms with Crippen LogP contribution in [0.25, 0.3) is 0 Å². The van der Waals surface area contributed by atoms with E-state index in [1.165, 1.54) is 0 Å². The van der Waals surface area contributed by atoms with Gasteiger partial charge in [-0.25, -0.2) is 0 Å². The number of hydrogen-bond donors (Lipinski definition) is 1. The largest absolute Gasteiger partial charge is 0.383 e. The third-order valence-corrected chi connectivity index (χ3v) is 0.905. The second kappa shape index (κ2) is 4.09. The summed E-state index contributed by atoms with van der Waals surface area (Å²) in [6.07, 6.45) is 0.994. The van der Waals surface area contributed by atoms with Gasteiger partial charge in [0.25, 0.3) is 0 Å². The molecule has 1 atom stereocenters. The van der Waals surface area contributed by atoms with Gasteiger partial charge in [0.15, 0.2) is 0 Å². The first-order chi connectivity index (χ1) is 3.31. The SMILES string of the molecule is CC[C@H](N)COC. The quantitative estimate of drug-likeness (QED) is 0.560. The van der Waals surface area contributed by atoms with Gasteiger partial charge in [-0.3, -0.25) is 0 Å². The molecule has 0 heterocycles. The van der Waals surface area contributed by atoms with Crippen molar-refractivity contribution in [3.63, 3.8) is 0 Å². The summed E-state index contributed by atoms with van der Waals surface area (Å²) < 4.78 is 4.77. The van der Waals surface area contributed by atoms with Crippen molar-refractivity contribution >= 4 is 0 Å². The lowest BCUT2D eigenvalue weighted by atomic mass is 10.3. The second-order valence-corrected chi connectivity index (χ2v) is 1.62. The maximum absolute atomic E-state index is 5.46. The Kier molecular flexibility index (Phi) is 4.04. The Morgan fingerprint density at radius 2 is 2.29 bits per heavy atom. The van der Waals surface area contributed by atoms with Gasteiger partial charge >= 0.3 is 0 Å². The summed E-state index contributed by atoms with van der Waals surface area (Å²) in [5, 5.41) is 0. The van der Waals surface area contributed by atoms with Crippen LogP contribution in [-0.4, -0.2) is 19.8 Å². The molecule has 0 aliphatic rings. The van der Waals surface area contributed by atoms with Crippen LogP contribution in [0, 0.1) is 0 Å². The Hall–Kier alpha value is -0.0800. The third-order valence-electron chi connectivity index (χ3n) is 0.905. The van der Waals surface area contributed by atoms with Gasteiger partial charge in [0.2, 0.25) is 0 Å². The second-order valence-electron chi connectivity index (χ2n) is 1.62. The fourth-order valence-electron chi connectivity index (χ4n) is 0.332. The molecular formula is C5H13NO. The molecule has 0 radical (unpaired) electrons. The van der Waals surface area contributed by atoms with Crippen molar-refractivity contribution in [2.75, 3.05) is 13.7 Å². The van der Waals surface area contributed by atoms with Gasteiger partial charge in [0, 0.05) is 13.2 Å². The van der Waals surface area contributed by atoms with Gasteiger partial charge < -0.3 is 10.5 Å². The molecule has 0 spiro atoms. The molecule has 44 valence electrons. The molecule has 7 heavy (non-hydrogen) atoms. The monoisotopic (exact) mass is 103 g/mol. The first kappa shape index (κ1) is 6.92. The van der Waals surface area contributed by atoms with Gasteiger partial charge in [0.1, 0.15) is 0 Å². The molecule has 0 bridgehead atoms. The van der Waals surface area contributed by atoms with E-state index >= 15 is 0 Å². The average Bonchev–Trinajstić information content (AvgIpc) is 1.68. The van der Waals surface area contributed by atoms with Crippen LogP contribution in [0.3, 0.4) is 0 Å². The number of nitrogens with two attached hydrogens (primary N) is 1. The lowest BCUT2D eigenvalue weighted by Gasteiger charge is -2.03. The maximum Gasteiger partial charge on any atom is 0.0613 e. The van der Waals surface area contributed by atoms with E-state index in [1.807, 2.05) is 6.92 Å². The smallest absolute Gasteiger partial charge is 0.0613 e. The molecule has 0 aliphatic heterocycles. The molecule has 0 saturated heterocycles. The van der Waals surface area contributed by atoms with E-state index in [0.29, 0.717) is 6.61 Å². The lowest BCUT2D eigenvalue weighted by Crippen LogP contribution is -2.23. The highest BCUT2D eigenvalue weighted by Gasteiger charge is 1.93. The van der Waals surface area contributed by atoms with Gasteiger partial charge in [-0.1, -0.05) is 6.92 Å². The zero-order valence-electron chi connectivity index (χ0n) is 4.98. The summed E-state index contributed by atoms with van der Waals surface area (Å²) in [5.74, 6) is 0. The van der Waals surface area contributed by atoms with Gasteiger partial charge in [-0.05, 0) is 6.42 Å². The van der Waals surface area contributed by atoms with Crippen LogP contribution < -0.4 is 5.73 Å². The summed E-state index contributed by atoms with van der Waals surface area (Å²) in [4.78, 5) is 0. The molecule has 2 N–H and O–H groups in total. The highest BCUT2D eigenvalue weighted by Crippen LogP contribution is 1.83. The maximum atomic E-state index is 5.46. The average molecular weight is 103 g/mol. The molecule has 2 heteroatoms. The topological polar surface area (TPSA) is 35.2 Å². The summed E-state index contributed by atoms with van der Waals surface area (Å²) >= 11 is 0. The van der Waals surface area contributed by atoms with E-state index < -0.39 is 0 Å². The zero-order chi connectivity index (χ0) is 5.70. The molecule has 0 amide bonds. The van der Waals surface area contributed by atoms with E-state index in [4.69, 9.17) is 10.5 Å². The normalized spacial score (nSPS) is 14.1. The minimum atomic E-state index is 0.227. The molecule has 0 rings (SSSR count). The van der Waals surface area contributed by atoms with Crippen LogP contribution in [0.4, 0.5) is 0 Å². The molecule has 0 saturated carbocycles. The number of rotatable bonds is 3. The Balaban J connectivity index is 2.83. The minimum Gasteiger partial charge on any atom is -0.383 e. The molecule has 2 nitrogen and oxygen atoms in total. The van der Waals surface area contributed by atoms with Crippen LogP contribution in [-0.2, 0) is 4.74 Å². The predicted molar refractivity (Wildman–Crippen MR) is 30.1 cm³/mol. The fourth-order valence-corrected chi connectivity index (χ4v) is 0.332. The van der Waals surface area contributed by atoms with Crippen LogP contribution in [0.2, 0.25) is 0 Å². The fraction of sp³-hybridized carbons (Fsp3) is 1.00. The molecule has 0 aromatic heterocycles. The van der Waals surface area contributed by atoms with Crippen LogP contribution in [0.15, 0.2) is 0 Å². The molecule has 0 fully saturated rings. The predicted octanol–water partition coefficient (Wildman–Crippen LogP) is 0.370. The van der Waals surface area contributed by atoms with Gasteiger partial charge in [-0.2, -0.15) is 0 Å². The standard InChI is InChI=1S/C5H13NO/c1-3-5(6)4-7-2/h5H,3-4,6H2,1-2H3/t5-/m0/s1. The number of methoxy groups -OCH3 is 1. The molecule has 0 aromatic rings. The van der Waals surface area contributed by atoms with Gasteiger partial charge in [-0.15, -0.1) is 0 Å². The Morgan fingerprint density at radius 1 is 1.71 bits per heavy atom. The Labute approximate surface area is 44.7 Å². The van der Waals surface area contributed by atoms with Crippen molar-refractivity contribution < 1.29 is 4.74 Å². The van der Waals surface area contributed by atoms with Crippen LogP contribution in [0.1, 0.15) is 13.3 Å². The molecule has 0 aromatic carbocycles. The van der Waals surface area contributed by atoms with Crippen molar-refractivity contribution in [1.82, 2.24) is 0 Å². The van der Waals surface area contributed by atoms with Crippen molar-refractivity contribution in [3.05, 3.63) is 0 Å². The minimum absolute atomic E-state index is 0.227. The van der Waals surface area contributed by atoms with Crippen molar-refractivity contribution in [2.24, 2.45) is 5.73 Å². The highest BCUT2D eigenvalue weighted by atomic mass is 16.5. The first-order valence-electron chi connectivity index (χ1n) is 2.55. The van der Waals surface area contributed by atoms with E-state index in [9.17, 15) is 0 Å². The first-order valence-corrected chi connectivity index (χ1v) is 2.55. The zero-order valence-corrected chi connectivity index (χ0v) is 4.98. The summed E-state index contributed by atoms with van der Waals surface area (Å²) in [7, 11) is 1.66. The van der Waals surface area contributed by atoms with Crippen molar-refractivity contribution in [2.45, 2.75) is 19.4 Å². The summed E-state index contributed by atoms with van der Waals surface area (Å²) in [6, 6.07) is 0.227. The molecular weight excluding hydrogens is 90.1 g/mol. The van der Waals surface area contributed by atoms with E-state index in [1.54, 1.807) is 7.11 Å². The highest BCUT2D eigenvalue weighted by molar-refractivity contribution is 4.53. The summed E-state index contributed by atoms with van der Waals surface area (Å²) in [5.41, 5.74) is 5.46. The summed E-state index contributed by atoms with van der Waals surface area (Å²) in [6.45, 7) is 2.72. The Morgan fingerprint density at radius 3 is 2.43 bits per heavy atom.